The Morgan fingerprint density at radius 2 is 1.04 bits per heavy atom. The minimum absolute atomic E-state index is 0.0975. The number of hydrogen-bond acceptors (Lipinski definition) is 2. The van der Waals surface area contributed by atoms with Crippen molar-refractivity contribution in [2.75, 3.05) is 4.90 Å². The van der Waals surface area contributed by atoms with Crippen LogP contribution in [0.25, 0.3) is 75.1 Å². The molecule has 0 atom stereocenters. The maximum Gasteiger partial charge on any atom is 0.0467 e. The van der Waals surface area contributed by atoms with E-state index in [4.69, 9.17) is 0 Å². The van der Waals surface area contributed by atoms with E-state index in [-0.39, 0.29) is 5.41 Å². The van der Waals surface area contributed by atoms with Crippen molar-refractivity contribution in [3.05, 3.63) is 199 Å². The summed E-state index contributed by atoms with van der Waals surface area (Å²) in [6.07, 6.45) is 0. The first kappa shape index (κ1) is 32.0. The van der Waals surface area contributed by atoms with Crippen molar-refractivity contribution < 1.29 is 0 Å². The Labute approximate surface area is 325 Å². The van der Waals surface area contributed by atoms with Crippen LogP contribution in [0, 0.1) is 0 Å². The molecule has 0 unspecified atom stereocenters. The van der Waals surface area contributed by atoms with Crippen LogP contribution in [0.4, 0.5) is 17.1 Å². The quantitative estimate of drug-likeness (QED) is 0.171. The van der Waals surface area contributed by atoms with Gasteiger partial charge in [0.25, 0.3) is 0 Å². The summed E-state index contributed by atoms with van der Waals surface area (Å²) >= 11 is 1.88. The van der Waals surface area contributed by atoms with E-state index in [0.29, 0.717) is 0 Å². The largest absolute Gasteiger partial charge is 0.310 e. The molecule has 11 rings (SSSR count). The van der Waals surface area contributed by atoms with E-state index in [1.165, 1.54) is 86.2 Å². The summed E-state index contributed by atoms with van der Waals surface area (Å²) in [6.45, 7) is 4.72. The molecule has 260 valence electrons. The van der Waals surface area contributed by atoms with Gasteiger partial charge in [-0.05, 0) is 127 Å². The van der Waals surface area contributed by atoms with E-state index in [0.717, 1.165) is 17.1 Å². The molecule has 0 saturated heterocycles. The smallest absolute Gasteiger partial charge is 0.0467 e. The van der Waals surface area contributed by atoms with Gasteiger partial charge in [0.2, 0.25) is 0 Å². The molecule has 0 N–H and O–H groups in total. The molecule has 0 fully saturated rings. The third kappa shape index (κ3) is 5.13. The van der Waals surface area contributed by atoms with Crippen LogP contribution in [0.15, 0.2) is 188 Å². The summed E-state index contributed by atoms with van der Waals surface area (Å²) in [7, 11) is 0. The Kier molecular flexibility index (Phi) is 7.14. The van der Waals surface area contributed by atoms with Gasteiger partial charge in [0, 0.05) is 42.6 Å². The van der Waals surface area contributed by atoms with Gasteiger partial charge in [-0.15, -0.1) is 11.3 Å². The van der Waals surface area contributed by atoms with E-state index in [2.05, 4.69) is 207 Å². The normalized spacial score (nSPS) is 13.1. The highest BCUT2D eigenvalue weighted by Gasteiger charge is 2.35. The summed E-state index contributed by atoms with van der Waals surface area (Å²) in [4.78, 5) is 2.43. The van der Waals surface area contributed by atoms with Gasteiger partial charge in [0.15, 0.2) is 0 Å². The SMILES string of the molecule is CC1(C)c2ccccc2-c2ccc(N(c3ccc(-c4ccc5ccc6sc7ccccc7c6c5c4)cc3)c3cccc(-c4ccc5ccccc5c4)c3)cc21. The number of rotatable bonds is 5. The first-order chi connectivity index (χ1) is 27.0. The maximum absolute atomic E-state index is 2.43. The number of nitrogens with zero attached hydrogens (tertiary/aromatic N) is 1. The van der Waals surface area contributed by atoms with Crippen LogP contribution in [0.3, 0.4) is 0 Å². The third-order valence-corrected chi connectivity index (χ3v) is 13.0. The molecular weight excluding hydrogens is 683 g/mol. The highest BCUT2D eigenvalue weighted by Crippen LogP contribution is 2.51. The van der Waals surface area contributed by atoms with Gasteiger partial charge in [-0.1, -0.05) is 141 Å². The van der Waals surface area contributed by atoms with Gasteiger partial charge in [0.1, 0.15) is 0 Å². The monoisotopic (exact) mass is 719 g/mol. The fourth-order valence-corrected chi connectivity index (χ4v) is 10.1. The summed E-state index contributed by atoms with van der Waals surface area (Å²) in [5.74, 6) is 0. The van der Waals surface area contributed by atoms with Crippen molar-refractivity contribution in [2.24, 2.45) is 0 Å². The Hall–Kier alpha value is -6.48. The molecule has 0 spiro atoms. The number of anilines is 3. The molecule has 9 aromatic carbocycles. The Morgan fingerprint density at radius 1 is 0.382 bits per heavy atom. The van der Waals surface area contributed by atoms with Gasteiger partial charge in [-0.25, -0.2) is 0 Å². The molecule has 2 heteroatoms. The lowest BCUT2D eigenvalue weighted by Gasteiger charge is -2.28. The topological polar surface area (TPSA) is 3.24 Å². The average Bonchev–Trinajstić information content (AvgIpc) is 3.73. The Bertz CT molecular complexity index is 3130. The van der Waals surface area contributed by atoms with E-state index in [1.54, 1.807) is 0 Å². The second-order valence-corrected chi connectivity index (χ2v) is 16.5. The number of thiophene rings is 1. The lowest BCUT2D eigenvalue weighted by molar-refractivity contribution is 0.660. The summed E-state index contributed by atoms with van der Waals surface area (Å²) in [6, 6.07) is 69.7. The zero-order valence-electron chi connectivity index (χ0n) is 30.8. The van der Waals surface area contributed by atoms with Crippen LogP contribution in [-0.2, 0) is 5.41 Å². The lowest BCUT2D eigenvalue weighted by Crippen LogP contribution is -2.16. The standard InChI is InChI=1S/C53H37NS/c1-53(2)48-16-7-5-14-44(48)45-28-27-43(33-49(45)53)54(42-13-9-12-38(31-42)39-20-18-34-10-3-4-11-37(34)30-39)41-25-22-35(23-26-41)40-21-19-36-24-29-51-52(47(36)32-40)46-15-6-8-17-50(46)55-51/h3-33H,1-2H3. The molecule has 0 bridgehead atoms. The molecule has 0 amide bonds. The lowest BCUT2D eigenvalue weighted by atomic mass is 9.82. The predicted octanol–water partition coefficient (Wildman–Crippen LogP) is 15.5. The molecule has 1 aliphatic carbocycles. The number of benzene rings is 9. The fourth-order valence-electron chi connectivity index (χ4n) is 9.00. The molecule has 1 heterocycles. The molecule has 55 heavy (non-hydrogen) atoms. The van der Waals surface area contributed by atoms with Crippen LogP contribution in [-0.4, -0.2) is 0 Å². The number of fused-ring (bicyclic) bond motifs is 9. The molecule has 0 radical (unpaired) electrons. The van der Waals surface area contributed by atoms with Crippen molar-refractivity contribution in [1.29, 1.82) is 0 Å². The van der Waals surface area contributed by atoms with Crippen molar-refractivity contribution in [3.63, 3.8) is 0 Å². The summed E-state index contributed by atoms with van der Waals surface area (Å²) in [5.41, 5.74) is 13.6. The van der Waals surface area contributed by atoms with Crippen molar-refractivity contribution in [3.8, 4) is 33.4 Å². The maximum atomic E-state index is 2.43. The zero-order valence-corrected chi connectivity index (χ0v) is 31.6. The van der Waals surface area contributed by atoms with E-state index in [1.807, 2.05) is 11.3 Å². The Balaban J connectivity index is 1.04. The third-order valence-electron chi connectivity index (χ3n) is 11.8. The van der Waals surface area contributed by atoms with E-state index in [9.17, 15) is 0 Å². The molecule has 1 nitrogen and oxygen atoms in total. The van der Waals surface area contributed by atoms with Crippen molar-refractivity contribution in [1.82, 2.24) is 0 Å². The van der Waals surface area contributed by atoms with Gasteiger partial charge in [0.05, 0.1) is 0 Å². The average molecular weight is 720 g/mol. The van der Waals surface area contributed by atoms with Crippen LogP contribution in [0.2, 0.25) is 0 Å². The van der Waals surface area contributed by atoms with Gasteiger partial charge >= 0.3 is 0 Å². The minimum atomic E-state index is -0.0975. The van der Waals surface area contributed by atoms with Gasteiger partial charge < -0.3 is 4.90 Å². The van der Waals surface area contributed by atoms with Crippen LogP contribution >= 0.6 is 11.3 Å². The first-order valence-corrected chi connectivity index (χ1v) is 19.9. The molecular formula is C53H37NS. The molecule has 10 aromatic rings. The highest BCUT2D eigenvalue weighted by molar-refractivity contribution is 7.26. The van der Waals surface area contributed by atoms with Crippen LogP contribution < -0.4 is 4.90 Å². The van der Waals surface area contributed by atoms with Gasteiger partial charge in [-0.3, -0.25) is 0 Å². The molecule has 1 aliphatic rings. The van der Waals surface area contributed by atoms with E-state index >= 15 is 0 Å². The predicted molar refractivity (Wildman–Crippen MR) is 237 cm³/mol. The fraction of sp³-hybridized carbons (Fsp3) is 0.0566. The van der Waals surface area contributed by atoms with Gasteiger partial charge in [-0.2, -0.15) is 0 Å². The van der Waals surface area contributed by atoms with E-state index < -0.39 is 0 Å². The minimum Gasteiger partial charge on any atom is -0.310 e. The number of hydrogen-bond donors (Lipinski definition) is 0. The van der Waals surface area contributed by atoms with Crippen molar-refractivity contribution >= 4 is 70.1 Å². The second kappa shape index (κ2) is 12.3. The Morgan fingerprint density at radius 3 is 1.93 bits per heavy atom. The summed E-state index contributed by atoms with van der Waals surface area (Å²) in [5, 5.41) is 7.78. The summed E-state index contributed by atoms with van der Waals surface area (Å²) < 4.78 is 2.67. The highest BCUT2D eigenvalue weighted by atomic mass is 32.1. The second-order valence-electron chi connectivity index (χ2n) is 15.4. The van der Waals surface area contributed by atoms with Crippen molar-refractivity contribution in [2.45, 2.75) is 19.3 Å². The molecule has 1 aromatic heterocycles. The molecule has 0 saturated carbocycles. The molecule has 0 aliphatic heterocycles. The van der Waals surface area contributed by atoms with Crippen LogP contribution in [0.5, 0.6) is 0 Å². The zero-order chi connectivity index (χ0) is 36.7. The van der Waals surface area contributed by atoms with Crippen LogP contribution in [0.1, 0.15) is 25.0 Å². The first-order valence-electron chi connectivity index (χ1n) is 19.1.